The van der Waals surface area contributed by atoms with Gasteiger partial charge in [0, 0.05) is 11.3 Å². The maximum Gasteiger partial charge on any atom is 0.0248 e. The van der Waals surface area contributed by atoms with Gasteiger partial charge in [-0.2, -0.15) is 0 Å². The van der Waals surface area contributed by atoms with Crippen molar-refractivity contribution in [1.29, 1.82) is 0 Å². The molecular weight excluding hydrogens is 324 g/mol. The molecule has 0 saturated heterocycles. The molecule has 0 heterocycles. The van der Waals surface area contributed by atoms with Crippen molar-refractivity contribution in [3.63, 3.8) is 0 Å². The second-order valence-corrected chi connectivity index (χ2v) is 9.78. The summed E-state index contributed by atoms with van der Waals surface area (Å²) < 4.78 is 0. The Labute approximate surface area is 164 Å². The van der Waals surface area contributed by atoms with E-state index in [0.29, 0.717) is 23.7 Å². The number of hydrogen-bond acceptors (Lipinski definition) is 0. The molecule has 5 atom stereocenters. The molecule has 0 nitrogen and oxygen atoms in total. The molecule has 5 rings (SSSR count). The summed E-state index contributed by atoms with van der Waals surface area (Å²) in [5, 5.41) is 0. The number of hydrogen-bond donors (Lipinski definition) is 0. The van der Waals surface area contributed by atoms with Gasteiger partial charge in [-0.1, -0.05) is 83.2 Å². The van der Waals surface area contributed by atoms with Crippen LogP contribution >= 0.6 is 0 Å². The molecule has 0 bridgehead atoms. The lowest BCUT2D eigenvalue weighted by Crippen LogP contribution is -2.36. The Morgan fingerprint density at radius 1 is 1.15 bits per heavy atom. The van der Waals surface area contributed by atoms with E-state index in [-0.39, 0.29) is 5.41 Å². The lowest BCUT2D eigenvalue weighted by atomic mass is 9.61. The Kier molecular flexibility index (Phi) is 3.58. The minimum atomic E-state index is 0.192. The van der Waals surface area contributed by atoms with Gasteiger partial charge < -0.3 is 0 Å². The summed E-state index contributed by atoms with van der Waals surface area (Å²) in [7, 11) is 0. The second-order valence-electron chi connectivity index (χ2n) is 9.78. The number of rotatable bonds is 2. The zero-order chi connectivity index (χ0) is 19.1. The molecule has 0 amide bonds. The SMILES string of the molecule is C=C1CC(=C)C2=C1C=C1C(C(C)C)[C@H](CC)CC13c1ccccc1C(C)C23. The van der Waals surface area contributed by atoms with Crippen LogP contribution in [0.4, 0.5) is 0 Å². The molecule has 0 heteroatoms. The van der Waals surface area contributed by atoms with Gasteiger partial charge in [0.05, 0.1) is 0 Å². The van der Waals surface area contributed by atoms with Gasteiger partial charge in [-0.05, 0) is 69.9 Å². The molecule has 1 aromatic carbocycles. The molecule has 0 radical (unpaired) electrons. The summed E-state index contributed by atoms with van der Waals surface area (Å²) in [5.74, 6) is 3.25. The van der Waals surface area contributed by atoms with Crippen LogP contribution in [-0.4, -0.2) is 0 Å². The minimum Gasteiger partial charge on any atom is -0.0952 e. The van der Waals surface area contributed by atoms with Crippen LogP contribution in [0, 0.1) is 23.7 Å². The highest BCUT2D eigenvalue weighted by Crippen LogP contribution is 2.70. The third-order valence-electron chi connectivity index (χ3n) is 8.26. The van der Waals surface area contributed by atoms with E-state index in [2.05, 4.69) is 71.2 Å². The van der Waals surface area contributed by atoms with Crippen molar-refractivity contribution in [3.8, 4) is 0 Å². The van der Waals surface area contributed by atoms with Gasteiger partial charge in [0.2, 0.25) is 0 Å². The van der Waals surface area contributed by atoms with E-state index in [9.17, 15) is 0 Å². The van der Waals surface area contributed by atoms with Crippen molar-refractivity contribution >= 4 is 0 Å². The van der Waals surface area contributed by atoms with Crippen molar-refractivity contribution in [2.45, 2.75) is 58.3 Å². The molecule has 27 heavy (non-hydrogen) atoms. The van der Waals surface area contributed by atoms with Crippen molar-refractivity contribution in [3.05, 3.63) is 82.5 Å². The van der Waals surface area contributed by atoms with Crippen LogP contribution in [0.1, 0.15) is 64.0 Å². The first kappa shape index (κ1) is 17.3. The van der Waals surface area contributed by atoms with E-state index in [1.54, 1.807) is 22.3 Å². The molecule has 1 fully saturated rings. The Balaban J connectivity index is 1.84. The van der Waals surface area contributed by atoms with Crippen LogP contribution in [0.2, 0.25) is 0 Å². The molecule has 1 saturated carbocycles. The summed E-state index contributed by atoms with van der Waals surface area (Å²) in [6.07, 6.45) is 6.13. The lowest BCUT2D eigenvalue weighted by Gasteiger charge is -2.42. The van der Waals surface area contributed by atoms with Crippen LogP contribution in [0.5, 0.6) is 0 Å². The first-order valence-corrected chi connectivity index (χ1v) is 10.8. The van der Waals surface area contributed by atoms with Crippen molar-refractivity contribution in [2.75, 3.05) is 0 Å². The number of benzene rings is 1. The monoisotopic (exact) mass is 356 g/mol. The Morgan fingerprint density at radius 3 is 2.59 bits per heavy atom. The summed E-state index contributed by atoms with van der Waals surface area (Å²) in [6.45, 7) is 18.7. The van der Waals surface area contributed by atoms with Crippen LogP contribution in [-0.2, 0) is 5.41 Å². The third kappa shape index (κ3) is 1.95. The van der Waals surface area contributed by atoms with Gasteiger partial charge in [0.15, 0.2) is 0 Å². The van der Waals surface area contributed by atoms with Gasteiger partial charge in [-0.3, -0.25) is 0 Å². The van der Waals surface area contributed by atoms with E-state index in [1.807, 2.05) is 0 Å². The van der Waals surface area contributed by atoms with Gasteiger partial charge in [-0.25, -0.2) is 0 Å². The summed E-state index contributed by atoms with van der Waals surface area (Å²) in [4.78, 5) is 0. The normalized spacial score (nSPS) is 36.7. The van der Waals surface area contributed by atoms with Crippen LogP contribution in [0.3, 0.4) is 0 Å². The highest BCUT2D eigenvalue weighted by Gasteiger charge is 2.62. The third-order valence-corrected chi connectivity index (χ3v) is 8.26. The zero-order valence-corrected chi connectivity index (χ0v) is 17.3. The Bertz CT molecular complexity index is 921. The van der Waals surface area contributed by atoms with E-state index in [1.165, 1.54) is 29.6 Å². The van der Waals surface area contributed by atoms with Crippen LogP contribution in [0.25, 0.3) is 0 Å². The summed E-state index contributed by atoms with van der Waals surface area (Å²) in [5.41, 5.74) is 10.7. The van der Waals surface area contributed by atoms with Gasteiger partial charge in [0.1, 0.15) is 0 Å². The van der Waals surface area contributed by atoms with Gasteiger partial charge in [0.25, 0.3) is 0 Å². The van der Waals surface area contributed by atoms with E-state index < -0.39 is 0 Å². The molecule has 0 aromatic heterocycles. The fraction of sp³-hybridized carbons (Fsp3) is 0.481. The molecule has 4 aliphatic rings. The van der Waals surface area contributed by atoms with Gasteiger partial charge >= 0.3 is 0 Å². The fourth-order valence-corrected chi connectivity index (χ4v) is 7.43. The molecule has 0 aliphatic heterocycles. The molecule has 0 N–H and O–H groups in total. The predicted octanol–water partition coefficient (Wildman–Crippen LogP) is 7.11. The largest absolute Gasteiger partial charge is 0.0952 e. The van der Waals surface area contributed by atoms with Crippen molar-refractivity contribution < 1.29 is 0 Å². The maximum absolute atomic E-state index is 4.50. The van der Waals surface area contributed by atoms with Gasteiger partial charge in [-0.15, -0.1) is 0 Å². The average molecular weight is 357 g/mol. The number of allylic oxidation sites excluding steroid dienone is 6. The minimum absolute atomic E-state index is 0.192. The first-order chi connectivity index (χ1) is 12.9. The molecule has 140 valence electrons. The average Bonchev–Trinajstić information content (AvgIpc) is 3.22. The van der Waals surface area contributed by atoms with E-state index in [4.69, 9.17) is 0 Å². The van der Waals surface area contributed by atoms with Crippen molar-refractivity contribution in [2.24, 2.45) is 23.7 Å². The lowest BCUT2D eigenvalue weighted by molar-refractivity contribution is 0.307. The highest BCUT2D eigenvalue weighted by molar-refractivity contribution is 5.69. The predicted molar refractivity (Wildman–Crippen MR) is 115 cm³/mol. The maximum atomic E-state index is 4.50. The van der Waals surface area contributed by atoms with E-state index in [0.717, 1.165) is 12.3 Å². The van der Waals surface area contributed by atoms with E-state index >= 15 is 0 Å². The van der Waals surface area contributed by atoms with Crippen LogP contribution < -0.4 is 0 Å². The summed E-state index contributed by atoms with van der Waals surface area (Å²) in [6, 6.07) is 9.32. The quantitative estimate of drug-likeness (QED) is 0.529. The molecule has 1 aromatic rings. The number of fused-ring (bicyclic) bond motifs is 2. The standard InChI is InChI=1S/C27H32/c1-7-19-14-27-22-11-9-8-10-20(22)18(6)26(27)25-17(5)12-16(4)21(25)13-23(27)24(19)15(2)3/h8-11,13,15,18-19,24,26H,4-5,7,12,14H2,1-3,6H3/t18?,19-,24?,26?,27?/m1/s1. The molecule has 4 aliphatic carbocycles. The van der Waals surface area contributed by atoms with Crippen molar-refractivity contribution in [1.82, 2.24) is 0 Å². The first-order valence-electron chi connectivity index (χ1n) is 10.8. The molecule has 4 unspecified atom stereocenters. The molecule has 1 spiro atoms. The topological polar surface area (TPSA) is 0 Å². The zero-order valence-electron chi connectivity index (χ0n) is 17.3. The summed E-state index contributed by atoms with van der Waals surface area (Å²) >= 11 is 0. The van der Waals surface area contributed by atoms with Crippen LogP contribution in [0.15, 0.2) is 71.4 Å². The molecular formula is C27H32. The Hall–Kier alpha value is -1.82. The smallest absolute Gasteiger partial charge is 0.0248 e. The highest BCUT2D eigenvalue weighted by atomic mass is 14.7. The Morgan fingerprint density at radius 2 is 1.89 bits per heavy atom. The second kappa shape index (κ2) is 5.60. The fourth-order valence-electron chi connectivity index (χ4n) is 7.43.